The summed E-state index contributed by atoms with van der Waals surface area (Å²) in [5.74, 6) is -1.10. The third kappa shape index (κ3) is 2.17. The predicted molar refractivity (Wildman–Crippen MR) is 73.9 cm³/mol. The molecule has 0 saturated carbocycles. The molecular formula is C14H17N3O3. The lowest BCUT2D eigenvalue weighted by Crippen LogP contribution is -2.41. The first-order valence-electron chi connectivity index (χ1n) is 6.37. The number of amides is 1. The van der Waals surface area contributed by atoms with Gasteiger partial charge in [-0.25, -0.2) is 9.79 Å². The van der Waals surface area contributed by atoms with E-state index in [0.717, 1.165) is 5.56 Å². The number of pyridine rings is 1. The number of aromatic nitrogens is 1. The van der Waals surface area contributed by atoms with Gasteiger partial charge in [0, 0.05) is 6.20 Å². The molecule has 6 nitrogen and oxygen atoms in total. The molecule has 0 spiro atoms. The average Bonchev–Trinajstić information content (AvgIpc) is 2.66. The second-order valence-corrected chi connectivity index (χ2v) is 5.43. The van der Waals surface area contributed by atoms with Crippen molar-refractivity contribution in [3.8, 4) is 0 Å². The van der Waals surface area contributed by atoms with Gasteiger partial charge >= 0.3 is 5.97 Å². The van der Waals surface area contributed by atoms with E-state index in [1.54, 1.807) is 20.0 Å². The van der Waals surface area contributed by atoms with Crippen molar-refractivity contribution in [1.29, 1.82) is 0 Å². The number of carbonyl (C=O) groups excluding carboxylic acids is 1. The van der Waals surface area contributed by atoms with Crippen LogP contribution < -0.4 is 5.32 Å². The van der Waals surface area contributed by atoms with E-state index in [2.05, 4.69) is 15.3 Å². The first-order chi connectivity index (χ1) is 9.25. The van der Waals surface area contributed by atoms with E-state index in [1.165, 1.54) is 6.07 Å². The normalized spacial score (nSPS) is 21.9. The van der Waals surface area contributed by atoms with Crippen molar-refractivity contribution in [3.05, 3.63) is 29.1 Å². The fraction of sp³-hybridized carbons (Fsp3) is 0.429. The number of rotatable bonds is 3. The Morgan fingerprint density at radius 1 is 1.45 bits per heavy atom. The molecule has 0 bridgehead atoms. The van der Waals surface area contributed by atoms with Crippen LogP contribution in [0.1, 0.15) is 42.4 Å². The Labute approximate surface area is 116 Å². The highest BCUT2D eigenvalue weighted by atomic mass is 16.4. The summed E-state index contributed by atoms with van der Waals surface area (Å²) < 4.78 is 0. The summed E-state index contributed by atoms with van der Waals surface area (Å²) in [6.07, 6.45) is 1.56. The Morgan fingerprint density at radius 3 is 2.60 bits per heavy atom. The third-order valence-electron chi connectivity index (χ3n) is 3.64. The Hall–Kier alpha value is -2.24. The summed E-state index contributed by atoms with van der Waals surface area (Å²) in [6, 6.07) is 1.52. The summed E-state index contributed by atoms with van der Waals surface area (Å²) in [4.78, 5) is 31.9. The smallest absolute Gasteiger partial charge is 0.338 e. The summed E-state index contributed by atoms with van der Waals surface area (Å²) in [5.41, 5.74) is 0.0816. The zero-order chi connectivity index (χ0) is 15.1. The molecule has 0 unspecified atom stereocenters. The zero-order valence-corrected chi connectivity index (χ0v) is 11.9. The van der Waals surface area contributed by atoms with Crippen LogP contribution in [0.4, 0.5) is 0 Å². The molecule has 2 heterocycles. The van der Waals surface area contributed by atoms with E-state index in [9.17, 15) is 14.7 Å². The molecule has 2 N–H and O–H groups in total. The number of aromatic carboxylic acids is 1. The van der Waals surface area contributed by atoms with Crippen LogP contribution in [-0.4, -0.2) is 33.3 Å². The van der Waals surface area contributed by atoms with Crippen LogP contribution in [0, 0.1) is 12.8 Å². The maximum Gasteiger partial charge on any atom is 0.338 e. The van der Waals surface area contributed by atoms with Gasteiger partial charge in [0.2, 0.25) is 0 Å². The molecule has 6 heteroatoms. The monoisotopic (exact) mass is 275 g/mol. The Balaban J connectivity index is 2.54. The van der Waals surface area contributed by atoms with Gasteiger partial charge in [0.1, 0.15) is 11.2 Å². The van der Waals surface area contributed by atoms with Crippen molar-refractivity contribution in [3.63, 3.8) is 0 Å². The Kier molecular flexibility index (Phi) is 3.33. The number of carboxylic acid groups (broad SMARTS) is 1. The van der Waals surface area contributed by atoms with Crippen LogP contribution in [0.15, 0.2) is 17.3 Å². The van der Waals surface area contributed by atoms with E-state index >= 15 is 0 Å². The highest BCUT2D eigenvalue weighted by Gasteiger charge is 2.42. The Morgan fingerprint density at radius 2 is 2.10 bits per heavy atom. The van der Waals surface area contributed by atoms with E-state index in [-0.39, 0.29) is 28.9 Å². The maximum atomic E-state index is 12.1. The molecule has 0 saturated heterocycles. The topological polar surface area (TPSA) is 91.7 Å². The molecule has 1 amide bonds. The molecule has 1 aliphatic heterocycles. The molecule has 0 fully saturated rings. The fourth-order valence-corrected chi connectivity index (χ4v) is 1.97. The van der Waals surface area contributed by atoms with Gasteiger partial charge < -0.3 is 10.4 Å². The largest absolute Gasteiger partial charge is 0.478 e. The summed E-state index contributed by atoms with van der Waals surface area (Å²) in [7, 11) is 0. The lowest BCUT2D eigenvalue weighted by atomic mass is 9.89. The molecule has 1 aliphatic rings. The molecule has 20 heavy (non-hydrogen) atoms. The number of hydrogen-bond donors (Lipinski definition) is 2. The molecule has 0 aromatic carbocycles. The van der Waals surface area contributed by atoms with Gasteiger partial charge in [0.05, 0.1) is 5.56 Å². The van der Waals surface area contributed by atoms with Crippen molar-refractivity contribution in [2.75, 3.05) is 0 Å². The van der Waals surface area contributed by atoms with Crippen molar-refractivity contribution >= 4 is 17.7 Å². The summed E-state index contributed by atoms with van der Waals surface area (Å²) >= 11 is 0. The first-order valence-corrected chi connectivity index (χ1v) is 6.37. The van der Waals surface area contributed by atoms with Crippen molar-refractivity contribution in [2.45, 2.75) is 33.2 Å². The second kappa shape index (κ2) is 4.70. The SMILES string of the molecule is Cc1cnc(C2=N[C@@](C)(C(C)C)C(=O)N2)c(C(=O)O)c1. The number of amidine groups is 1. The molecule has 0 aliphatic carbocycles. The van der Waals surface area contributed by atoms with E-state index in [1.807, 2.05) is 13.8 Å². The minimum atomic E-state index is -1.09. The predicted octanol–water partition coefficient (Wildman–Crippen LogP) is 1.38. The van der Waals surface area contributed by atoms with Crippen LogP contribution in [-0.2, 0) is 4.79 Å². The molecular weight excluding hydrogens is 258 g/mol. The highest BCUT2D eigenvalue weighted by Crippen LogP contribution is 2.27. The van der Waals surface area contributed by atoms with Gasteiger partial charge in [-0.2, -0.15) is 0 Å². The minimum Gasteiger partial charge on any atom is -0.478 e. The van der Waals surface area contributed by atoms with Gasteiger partial charge in [0.15, 0.2) is 5.84 Å². The van der Waals surface area contributed by atoms with Crippen LogP contribution in [0.25, 0.3) is 0 Å². The van der Waals surface area contributed by atoms with Crippen molar-refractivity contribution in [2.24, 2.45) is 10.9 Å². The van der Waals surface area contributed by atoms with Crippen LogP contribution in [0.5, 0.6) is 0 Å². The van der Waals surface area contributed by atoms with Crippen LogP contribution in [0.2, 0.25) is 0 Å². The number of nitrogens with one attached hydrogen (secondary N) is 1. The van der Waals surface area contributed by atoms with Gasteiger partial charge in [-0.15, -0.1) is 0 Å². The van der Waals surface area contributed by atoms with Crippen LogP contribution >= 0.6 is 0 Å². The molecule has 1 atom stereocenters. The minimum absolute atomic E-state index is 0.00118. The van der Waals surface area contributed by atoms with Crippen molar-refractivity contribution < 1.29 is 14.7 Å². The zero-order valence-electron chi connectivity index (χ0n) is 11.9. The number of carbonyl (C=O) groups is 2. The Bertz CT molecular complexity index is 622. The van der Waals surface area contributed by atoms with Crippen LogP contribution in [0.3, 0.4) is 0 Å². The number of aryl methyl sites for hydroxylation is 1. The molecule has 1 aromatic rings. The first kappa shape index (κ1) is 14.2. The van der Waals surface area contributed by atoms with Gasteiger partial charge in [0.25, 0.3) is 5.91 Å². The molecule has 1 aromatic heterocycles. The summed E-state index contributed by atoms with van der Waals surface area (Å²) in [6.45, 7) is 7.28. The third-order valence-corrected chi connectivity index (χ3v) is 3.64. The molecule has 2 rings (SSSR count). The van der Waals surface area contributed by atoms with E-state index in [0.29, 0.717) is 0 Å². The molecule has 106 valence electrons. The van der Waals surface area contributed by atoms with Gasteiger partial charge in [-0.1, -0.05) is 13.8 Å². The average molecular weight is 275 g/mol. The number of carboxylic acids is 1. The van der Waals surface area contributed by atoms with E-state index < -0.39 is 11.5 Å². The molecule has 0 radical (unpaired) electrons. The van der Waals surface area contributed by atoms with Gasteiger partial charge in [-0.3, -0.25) is 9.78 Å². The van der Waals surface area contributed by atoms with E-state index in [4.69, 9.17) is 0 Å². The summed E-state index contributed by atoms with van der Waals surface area (Å²) in [5, 5.41) is 11.9. The van der Waals surface area contributed by atoms with Crippen molar-refractivity contribution in [1.82, 2.24) is 10.3 Å². The lowest BCUT2D eigenvalue weighted by molar-refractivity contribution is -0.124. The highest BCUT2D eigenvalue weighted by molar-refractivity contribution is 6.17. The second-order valence-electron chi connectivity index (χ2n) is 5.43. The van der Waals surface area contributed by atoms with Gasteiger partial charge in [-0.05, 0) is 31.4 Å². The maximum absolute atomic E-state index is 12.1. The number of nitrogens with zero attached hydrogens (tertiary/aromatic N) is 2. The fourth-order valence-electron chi connectivity index (χ4n) is 1.97. The number of hydrogen-bond acceptors (Lipinski definition) is 4. The number of aliphatic imine (C=N–C) groups is 1. The standard InChI is InChI=1S/C14H17N3O3/c1-7(2)14(4)13(20)16-11(17-14)10-9(12(18)19)5-8(3)6-15-10/h5-7H,1-4H3,(H,18,19)(H,16,17,20)/t14-/m0/s1. The quantitative estimate of drug-likeness (QED) is 0.871. The lowest BCUT2D eigenvalue weighted by Gasteiger charge is -2.21.